The molecule has 1 aliphatic rings. The lowest BCUT2D eigenvalue weighted by atomic mass is 9.90. The number of carboxylic acid groups (broad SMARTS) is 1. The number of carbonyl (C=O) groups is 1. The van der Waals surface area contributed by atoms with Crippen molar-refractivity contribution in [2.45, 2.75) is 24.7 Å². The van der Waals surface area contributed by atoms with Crippen molar-refractivity contribution >= 4 is 16.9 Å². The summed E-state index contributed by atoms with van der Waals surface area (Å²) in [7, 11) is 1.64. The highest BCUT2D eigenvalue weighted by Gasteiger charge is 2.48. The van der Waals surface area contributed by atoms with Crippen LogP contribution >= 0.6 is 0 Å². The molecule has 0 bridgehead atoms. The largest absolute Gasteiger partial charge is 0.496 e. The van der Waals surface area contributed by atoms with Gasteiger partial charge >= 0.3 is 5.97 Å². The summed E-state index contributed by atoms with van der Waals surface area (Å²) in [6.07, 6.45) is 3.89. The van der Waals surface area contributed by atoms with Crippen LogP contribution in [-0.2, 0) is 10.2 Å². The fourth-order valence-corrected chi connectivity index (χ4v) is 2.72. The third kappa shape index (κ3) is 1.56. The van der Waals surface area contributed by atoms with E-state index in [1.807, 2.05) is 24.4 Å². The number of H-pyrrole nitrogens is 1. The van der Waals surface area contributed by atoms with Gasteiger partial charge in [-0.1, -0.05) is 6.07 Å². The number of methoxy groups -OCH3 is 1. The molecule has 1 aliphatic carbocycles. The second kappa shape index (κ2) is 3.77. The highest BCUT2D eigenvalue weighted by Crippen LogP contribution is 2.54. The van der Waals surface area contributed by atoms with E-state index < -0.39 is 5.97 Å². The van der Waals surface area contributed by atoms with Crippen LogP contribution in [0.25, 0.3) is 10.9 Å². The first-order chi connectivity index (χ1) is 8.66. The zero-order chi connectivity index (χ0) is 12.8. The van der Waals surface area contributed by atoms with Crippen LogP contribution in [0.5, 0.6) is 5.75 Å². The monoisotopic (exact) mass is 245 g/mol. The summed E-state index contributed by atoms with van der Waals surface area (Å²) in [4.78, 5) is 14.1. The average Bonchev–Trinajstić information content (AvgIpc) is 2.94. The predicted octanol–water partition coefficient (Wildman–Crippen LogP) is 2.68. The van der Waals surface area contributed by atoms with Crippen molar-refractivity contribution in [3.05, 3.63) is 30.0 Å². The van der Waals surface area contributed by atoms with Gasteiger partial charge in [-0.15, -0.1) is 0 Å². The Morgan fingerprint density at radius 3 is 2.83 bits per heavy atom. The van der Waals surface area contributed by atoms with Crippen LogP contribution in [-0.4, -0.2) is 23.2 Å². The van der Waals surface area contributed by atoms with Gasteiger partial charge in [0.25, 0.3) is 0 Å². The molecule has 4 nitrogen and oxygen atoms in total. The minimum absolute atomic E-state index is 0.180. The Morgan fingerprint density at radius 1 is 1.44 bits per heavy atom. The number of ether oxygens (including phenoxy) is 1. The number of aromatic nitrogens is 1. The molecular formula is C14H15NO3. The van der Waals surface area contributed by atoms with Gasteiger partial charge in [-0.3, -0.25) is 4.79 Å². The van der Waals surface area contributed by atoms with Crippen LogP contribution in [0.3, 0.4) is 0 Å². The third-order valence-corrected chi connectivity index (χ3v) is 3.80. The van der Waals surface area contributed by atoms with Crippen molar-refractivity contribution in [2.75, 3.05) is 7.11 Å². The first kappa shape index (κ1) is 11.1. The smallest absolute Gasteiger partial charge is 0.304 e. The average molecular weight is 245 g/mol. The van der Waals surface area contributed by atoms with Crippen molar-refractivity contribution in [2.24, 2.45) is 0 Å². The van der Waals surface area contributed by atoms with Gasteiger partial charge in [-0.05, 0) is 25.0 Å². The Bertz CT molecular complexity index is 611. The van der Waals surface area contributed by atoms with Crippen LogP contribution in [0.4, 0.5) is 0 Å². The van der Waals surface area contributed by atoms with Gasteiger partial charge in [0.15, 0.2) is 0 Å². The van der Waals surface area contributed by atoms with Crippen molar-refractivity contribution < 1.29 is 14.6 Å². The molecule has 0 spiro atoms. The van der Waals surface area contributed by atoms with E-state index in [1.54, 1.807) is 7.11 Å². The number of hydrogen-bond acceptors (Lipinski definition) is 2. The van der Waals surface area contributed by atoms with E-state index in [9.17, 15) is 4.79 Å². The standard InChI is InChI=1S/C14H15NO3/c1-18-13-9-4-7-15-11(9)3-2-10(13)14(5-6-14)8-12(16)17/h2-4,7,15H,5-6,8H2,1H3,(H,16,17). The third-order valence-electron chi connectivity index (χ3n) is 3.80. The maximum Gasteiger partial charge on any atom is 0.304 e. The molecule has 0 radical (unpaired) electrons. The van der Waals surface area contributed by atoms with Crippen LogP contribution in [0.15, 0.2) is 24.4 Å². The Morgan fingerprint density at radius 2 is 2.22 bits per heavy atom. The summed E-state index contributed by atoms with van der Waals surface area (Å²) in [6, 6.07) is 5.96. The first-order valence-electron chi connectivity index (χ1n) is 6.03. The highest BCUT2D eigenvalue weighted by molar-refractivity contribution is 5.88. The van der Waals surface area contributed by atoms with Gasteiger partial charge in [-0.25, -0.2) is 0 Å². The molecular weight excluding hydrogens is 230 g/mol. The van der Waals surface area contributed by atoms with Crippen LogP contribution in [0, 0.1) is 0 Å². The SMILES string of the molecule is COc1c(C2(CC(=O)O)CC2)ccc2[nH]ccc12. The fourth-order valence-electron chi connectivity index (χ4n) is 2.72. The molecule has 1 aromatic heterocycles. The van der Waals surface area contributed by atoms with Crippen molar-refractivity contribution in [3.63, 3.8) is 0 Å². The molecule has 18 heavy (non-hydrogen) atoms. The molecule has 1 saturated carbocycles. The van der Waals surface area contributed by atoms with Gasteiger partial charge in [0.05, 0.1) is 13.5 Å². The summed E-state index contributed by atoms with van der Waals surface area (Å²) in [5.41, 5.74) is 1.82. The van der Waals surface area contributed by atoms with Crippen LogP contribution < -0.4 is 4.74 Å². The summed E-state index contributed by atoms with van der Waals surface area (Å²) in [6.45, 7) is 0. The van der Waals surface area contributed by atoms with E-state index in [0.717, 1.165) is 35.1 Å². The van der Waals surface area contributed by atoms with Crippen LogP contribution in [0.1, 0.15) is 24.8 Å². The number of benzene rings is 1. The quantitative estimate of drug-likeness (QED) is 0.870. The fraction of sp³-hybridized carbons (Fsp3) is 0.357. The number of aromatic amines is 1. The zero-order valence-corrected chi connectivity index (χ0v) is 10.2. The molecule has 2 aromatic rings. The predicted molar refractivity (Wildman–Crippen MR) is 68.0 cm³/mol. The molecule has 94 valence electrons. The van der Waals surface area contributed by atoms with Crippen molar-refractivity contribution in [1.29, 1.82) is 0 Å². The molecule has 1 fully saturated rings. The second-order valence-electron chi connectivity index (χ2n) is 4.94. The molecule has 2 N–H and O–H groups in total. The second-order valence-corrected chi connectivity index (χ2v) is 4.94. The lowest BCUT2D eigenvalue weighted by Gasteiger charge is -2.17. The van der Waals surface area contributed by atoms with E-state index in [-0.39, 0.29) is 11.8 Å². The Labute approximate surface area is 105 Å². The summed E-state index contributed by atoms with van der Waals surface area (Å²) in [5, 5.41) is 10.1. The Balaban J connectivity index is 2.14. The van der Waals surface area contributed by atoms with E-state index in [0.29, 0.717) is 0 Å². The minimum atomic E-state index is -0.747. The number of hydrogen-bond donors (Lipinski definition) is 2. The Hall–Kier alpha value is -1.97. The number of nitrogens with one attached hydrogen (secondary N) is 1. The normalized spacial score (nSPS) is 16.7. The highest BCUT2D eigenvalue weighted by atomic mass is 16.5. The summed E-state index contributed by atoms with van der Waals surface area (Å²) in [5.74, 6) is 0.0659. The van der Waals surface area contributed by atoms with Gasteiger partial charge < -0.3 is 14.8 Å². The molecule has 4 heteroatoms. The number of carboxylic acids is 1. The zero-order valence-electron chi connectivity index (χ0n) is 10.2. The molecule has 0 unspecified atom stereocenters. The van der Waals surface area contributed by atoms with Crippen molar-refractivity contribution in [1.82, 2.24) is 4.98 Å². The summed E-state index contributed by atoms with van der Waals surface area (Å²) >= 11 is 0. The molecule has 0 amide bonds. The van der Waals surface area contributed by atoms with E-state index in [1.165, 1.54) is 0 Å². The van der Waals surface area contributed by atoms with Crippen LogP contribution in [0.2, 0.25) is 0 Å². The molecule has 1 heterocycles. The van der Waals surface area contributed by atoms with Crippen molar-refractivity contribution in [3.8, 4) is 5.75 Å². The van der Waals surface area contributed by atoms with Gasteiger partial charge in [-0.2, -0.15) is 0 Å². The van der Waals surface area contributed by atoms with Gasteiger partial charge in [0.2, 0.25) is 0 Å². The maximum atomic E-state index is 11.0. The number of aliphatic carboxylic acids is 1. The minimum Gasteiger partial charge on any atom is -0.496 e. The molecule has 1 aromatic carbocycles. The molecule has 0 saturated heterocycles. The van der Waals surface area contributed by atoms with E-state index in [2.05, 4.69) is 4.98 Å². The van der Waals surface area contributed by atoms with E-state index in [4.69, 9.17) is 9.84 Å². The molecule has 0 atom stereocenters. The lowest BCUT2D eigenvalue weighted by Crippen LogP contribution is -2.14. The van der Waals surface area contributed by atoms with E-state index >= 15 is 0 Å². The van der Waals surface area contributed by atoms with Gasteiger partial charge in [0, 0.05) is 28.1 Å². The molecule has 3 rings (SSSR count). The Kier molecular flexibility index (Phi) is 2.33. The summed E-state index contributed by atoms with van der Waals surface area (Å²) < 4.78 is 5.51. The first-order valence-corrected chi connectivity index (χ1v) is 6.03. The number of rotatable bonds is 4. The number of fused-ring (bicyclic) bond motifs is 1. The maximum absolute atomic E-state index is 11.0. The molecule has 0 aliphatic heterocycles. The lowest BCUT2D eigenvalue weighted by molar-refractivity contribution is -0.137. The van der Waals surface area contributed by atoms with Gasteiger partial charge in [0.1, 0.15) is 5.75 Å². The topological polar surface area (TPSA) is 62.3 Å².